The Kier molecular flexibility index (Phi) is 8.70. The summed E-state index contributed by atoms with van der Waals surface area (Å²) in [5, 5.41) is 21.6. The Morgan fingerprint density at radius 2 is 1.16 bits per heavy atom. The van der Waals surface area contributed by atoms with Gasteiger partial charge < -0.3 is 21.3 Å². The van der Waals surface area contributed by atoms with Crippen LogP contribution in [0.2, 0.25) is 0 Å². The molecule has 4 aromatic rings. The molecule has 0 aliphatic heterocycles. The summed E-state index contributed by atoms with van der Waals surface area (Å²) in [4.78, 5) is 7.45. The fraction of sp³-hybridized carbons (Fsp3) is 0.0455. The third kappa shape index (κ3) is 7.29. The van der Waals surface area contributed by atoms with Crippen molar-refractivity contribution < 1.29 is 66.9 Å². The van der Waals surface area contributed by atoms with Crippen LogP contribution in [0.3, 0.4) is 0 Å². The number of hydrogen-bond acceptors (Lipinski definition) is 12. The lowest BCUT2D eigenvalue weighted by atomic mass is 10.1. The molecule has 0 atom stereocenters. The number of nitrogens with two attached hydrogens (primary N) is 1. The molecule has 1 amide bonds. The number of carbonyl (C=O) groups excluding carboxylic acids is 1. The summed E-state index contributed by atoms with van der Waals surface area (Å²) in [7, 11) is -19.4. The second-order valence-electron chi connectivity index (χ2n) is 8.58. The molecule has 21 heteroatoms. The Balaban J connectivity index is 0.000000242. The molecule has 43 heavy (non-hydrogen) atoms. The first-order valence-electron chi connectivity index (χ1n) is 11.0. The van der Waals surface area contributed by atoms with E-state index >= 15 is 0 Å². The van der Waals surface area contributed by atoms with Gasteiger partial charge in [0.05, 0.1) is 21.2 Å². The predicted molar refractivity (Wildman–Crippen MR) is 149 cm³/mol. The quantitative estimate of drug-likeness (QED) is 0.110. The van der Waals surface area contributed by atoms with Crippen LogP contribution in [0, 0.1) is 0 Å². The monoisotopic (exact) mass is 680 g/mol. The highest BCUT2D eigenvalue weighted by Gasteiger charge is 2.27. The van der Waals surface area contributed by atoms with Gasteiger partial charge in [0, 0.05) is 35.2 Å². The fourth-order valence-corrected chi connectivity index (χ4v) is 6.36. The number of rotatable bonds is 5. The van der Waals surface area contributed by atoms with Gasteiger partial charge in [-0.3, -0.25) is 23.0 Å². The highest BCUT2D eigenvalue weighted by atomic mass is 32.2. The second-order valence-corrected chi connectivity index (χ2v) is 14.2. The molecule has 4 rings (SSSR count). The average Bonchev–Trinajstić information content (AvgIpc) is 2.81. The van der Waals surface area contributed by atoms with E-state index in [1.54, 1.807) is 18.2 Å². The highest BCUT2D eigenvalue weighted by Crippen LogP contribution is 2.40. The molecule has 0 saturated heterocycles. The number of benzene rings is 4. The van der Waals surface area contributed by atoms with Crippen molar-refractivity contribution in [2.24, 2.45) is 0 Å². The molecule has 0 aromatic heterocycles. The average molecular weight is 681 g/mol. The third-order valence-corrected chi connectivity index (χ3v) is 9.00. The Morgan fingerprint density at radius 3 is 1.63 bits per heavy atom. The van der Waals surface area contributed by atoms with Gasteiger partial charge in [0.2, 0.25) is 5.91 Å². The third-order valence-electron chi connectivity index (χ3n) is 5.55. The predicted octanol–water partition coefficient (Wildman–Crippen LogP) is 1.62. The number of anilines is 2. The molecule has 232 valence electrons. The van der Waals surface area contributed by atoms with E-state index in [2.05, 4.69) is 5.32 Å². The van der Waals surface area contributed by atoms with Crippen molar-refractivity contribution in [1.29, 1.82) is 0 Å². The van der Waals surface area contributed by atoms with Crippen LogP contribution in [0.4, 0.5) is 11.4 Å². The summed E-state index contributed by atoms with van der Waals surface area (Å²) in [6.07, 6.45) is 0. The fourth-order valence-electron chi connectivity index (χ4n) is 3.87. The van der Waals surface area contributed by atoms with Gasteiger partial charge >= 0.3 is 0 Å². The lowest BCUT2D eigenvalue weighted by molar-refractivity contribution is -0.114. The van der Waals surface area contributed by atoms with Crippen LogP contribution in [-0.2, 0) is 45.3 Å². The van der Waals surface area contributed by atoms with E-state index in [1.165, 1.54) is 13.0 Å². The Labute approximate surface area is 243 Å². The molecule has 0 saturated carbocycles. The molecule has 0 aliphatic rings. The Morgan fingerprint density at radius 1 is 0.674 bits per heavy atom. The molecule has 0 heterocycles. The van der Waals surface area contributed by atoms with E-state index in [1.807, 2.05) is 0 Å². The molecule has 0 fully saturated rings. The molecule has 4 aromatic carbocycles. The maximum Gasteiger partial charge on any atom is 0.296 e. The van der Waals surface area contributed by atoms with Gasteiger partial charge in [-0.1, -0.05) is 12.1 Å². The van der Waals surface area contributed by atoms with Gasteiger partial charge in [0.1, 0.15) is 21.3 Å². The van der Waals surface area contributed by atoms with Crippen molar-refractivity contribution >= 4 is 79.3 Å². The first kappa shape index (κ1) is 33.4. The zero-order valence-electron chi connectivity index (χ0n) is 21.2. The van der Waals surface area contributed by atoms with E-state index in [-0.39, 0.29) is 17.7 Å². The van der Waals surface area contributed by atoms with Gasteiger partial charge in [-0.05, 0) is 29.7 Å². The molecule has 0 spiro atoms. The van der Waals surface area contributed by atoms with Crippen molar-refractivity contribution in [2.75, 3.05) is 11.1 Å². The van der Waals surface area contributed by atoms with Crippen LogP contribution in [0.1, 0.15) is 6.92 Å². The molecule has 17 nitrogen and oxygen atoms in total. The molecular formula is C22H20N2O15S4. The van der Waals surface area contributed by atoms with E-state index in [0.717, 1.165) is 6.07 Å². The largest absolute Gasteiger partial charge is 0.507 e. The Bertz CT molecular complexity index is 2270. The minimum Gasteiger partial charge on any atom is -0.507 e. The van der Waals surface area contributed by atoms with Gasteiger partial charge in [-0.15, -0.1) is 0 Å². The van der Waals surface area contributed by atoms with Crippen LogP contribution in [0.25, 0.3) is 21.5 Å². The van der Waals surface area contributed by atoms with Crippen molar-refractivity contribution in [3.05, 3.63) is 48.5 Å². The van der Waals surface area contributed by atoms with Gasteiger partial charge in [-0.25, -0.2) is 0 Å². The number of fused-ring (bicyclic) bond motifs is 2. The number of carbonyl (C=O) groups is 1. The zero-order chi connectivity index (χ0) is 32.9. The lowest BCUT2D eigenvalue weighted by Gasteiger charge is -2.13. The number of nitrogen functional groups attached to an aromatic ring is 1. The first-order valence-corrected chi connectivity index (χ1v) is 16.7. The second kappa shape index (κ2) is 11.2. The Hall–Kier alpha value is -4.09. The molecule has 0 radical (unpaired) electrons. The smallest absolute Gasteiger partial charge is 0.296 e. The van der Waals surface area contributed by atoms with Crippen LogP contribution >= 0.6 is 0 Å². The number of phenolic OH excluding ortho intramolecular Hbond substituents is 2. The van der Waals surface area contributed by atoms with Crippen molar-refractivity contribution in [1.82, 2.24) is 0 Å². The van der Waals surface area contributed by atoms with Crippen molar-refractivity contribution in [3.8, 4) is 11.5 Å². The standard InChI is InChI=1S/C12H11NO5S.C10H9NO10S3/c1-7(14)13-10-4-2-3-8-5-9(19(16,17)18)6-11(15)12(8)10;11-10-8(24(19,20)21)3-7(23(16,17)18)5-1-4(22(13,14)15)2-6(12)9(5)10/h2-6,15H,1H3,(H,13,14)(H,16,17,18);1-3,12H,11H2,(H,13,14,15)(H,16,17,18)(H,19,20,21). The summed E-state index contributed by atoms with van der Waals surface area (Å²) in [6, 6.07) is 8.22. The number of amides is 1. The number of phenols is 2. The van der Waals surface area contributed by atoms with Crippen LogP contribution in [0.15, 0.2) is 68.1 Å². The maximum atomic E-state index is 11.5. The van der Waals surface area contributed by atoms with Crippen LogP contribution < -0.4 is 11.1 Å². The SMILES string of the molecule is CC(=O)Nc1cccc2cc(S(=O)(=O)O)cc(O)c12.Nc1c(S(=O)(=O)O)cc(S(=O)(=O)O)c2cc(S(=O)(=O)O)cc(O)c12. The van der Waals surface area contributed by atoms with Gasteiger partial charge in [0.15, 0.2) is 0 Å². The number of hydrogen-bond donors (Lipinski definition) is 8. The normalized spacial score (nSPS) is 12.5. The summed E-state index contributed by atoms with van der Waals surface area (Å²) in [5.41, 5.74) is 5.06. The summed E-state index contributed by atoms with van der Waals surface area (Å²) >= 11 is 0. The van der Waals surface area contributed by atoms with E-state index in [0.29, 0.717) is 28.6 Å². The minimum atomic E-state index is -5.13. The summed E-state index contributed by atoms with van der Waals surface area (Å²) in [6.45, 7) is 1.32. The van der Waals surface area contributed by atoms with Gasteiger partial charge in [-0.2, -0.15) is 33.7 Å². The molecular weight excluding hydrogens is 661 g/mol. The van der Waals surface area contributed by atoms with E-state index in [4.69, 9.17) is 19.4 Å². The van der Waals surface area contributed by atoms with Crippen LogP contribution in [-0.4, -0.2) is 68.0 Å². The molecule has 0 aliphatic carbocycles. The van der Waals surface area contributed by atoms with E-state index in [9.17, 15) is 53.2 Å². The minimum absolute atomic E-state index is 0.287. The van der Waals surface area contributed by atoms with Crippen molar-refractivity contribution in [2.45, 2.75) is 26.5 Å². The van der Waals surface area contributed by atoms with Gasteiger partial charge in [0.25, 0.3) is 40.5 Å². The zero-order valence-corrected chi connectivity index (χ0v) is 24.5. The molecule has 9 N–H and O–H groups in total. The summed E-state index contributed by atoms with van der Waals surface area (Å²) < 4.78 is 126. The number of nitrogens with one attached hydrogen (secondary N) is 1. The molecule has 0 unspecified atom stereocenters. The highest BCUT2D eigenvalue weighted by molar-refractivity contribution is 7.87. The first-order chi connectivity index (χ1) is 19.4. The van der Waals surface area contributed by atoms with Crippen molar-refractivity contribution in [3.63, 3.8) is 0 Å². The number of aromatic hydroxyl groups is 2. The van der Waals surface area contributed by atoms with Crippen LogP contribution in [0.5, 0.6) is 11.5 Å². The summed E-state index contributed by atoms with van der Waals surface area (Å²) in [5.74, 6) is -1.66. The molecule has 0 bridgehead atoms. The van der Waals surface area contributed by atoms with E-state index < -0.39 is 82.3 Å². The maximum absolute atomic E-state index is 11.5. The topological polar surface area (TPSA) is 313 Å². The lowest BCUT2D eigenvalue weighted by Crippen LogP contribution is -2.09.